The predicted octanol–water partition coefficient (Wildman–Crippen LogP) is 11.3. The van der Waals surface area contributed by atoms with E-state index in [4.69, 9.17) is 4.99 Å². The van der Waals surface area contributed by atoms with E-state index in [2.05, 4.69) is 37.3 Å². The molecule has 1 heterocycles. The first-order valence-electron chi connectivity index (χ1n) is 16.5. The Morgan fingerprint density at radius 1 is 0.667 bits per heavy atom. The molecule has 0 aromatic carbocycles. The molecule has 3 aliphatic rings. The monoisotopic (exact) mass is 493 g/mol. The maximum Gasteiger partial charge on any atom is 0.0417 e. The largest absolute Gasteiger partial charge is 0.289 e. The van der Waals surface area contributed by atoms with Crippen molar-refractivity contribution in [2.24, 2.45) is 22.7 Å². The minimum Gasteiger partial charge on any atom is -0.289 e. The topological polar surface area (TPSA) is 12.4 Å². The van der Waals surface area contributed by atoms with Crippen LogP contribution in [0.2, 0.25) is 0 Å². The lowest BCUT2D eigenvalue weighted by Gasteiger charge is -2.27. The Morgan fingerprint density at radius 3 is 2.00 bits per heavy atom. The number of allylic oxidation sites excluding steroid dienone is 6. The van der Waals surface area contributed by atoms with Crippen LogP contribution in [0.3, 0.4) is 0 Å². The highest BCUT2D eigenvalue weighted by Crippen LogP contribution is 2.34. The summed E-state index contributed by atoms with van der Waals surface area (Å²) >= 11 is 0. The standard InChI is InChI=1S/C35H59N/c1-2-3-4-5-6-7-9-12-15-21-31-22-18-19-25-34(30-31)35-28-27-33-24-17-14-11-8-10-13-16-23-32(33)26-20-29-36-35/h18-19,22,25,30-33H,2-17,20-21,23-24,26-29H2,1H3. The molecule has 1 aliphatic heterocycles. The van der Waals surface area contributed by atoms with Crippen molar-refractivity contribution in [2.45, 2.75) is 155 Å². The number of hydrogen-bond acceptors (Lipinski definition) is 1. The van der Waals surface area contributed by atoms with Crippen LogP contribution in [0, 0.1) is 17.8 Å². The van der Waals surface area contributed by atoms with Crippen molar-refractivity contribution in [3.05, 3.63) is 36.0 Å². The van der Waals surface area contributed by atoms with E-state index in [0.29, 0.717) is 5.92 Å². The summed E-state index contributed by atoms with van der Waals surface area (Å²) in [4.78, 5) is 5.22. The van der Waals surface area contributed by atoms with E-state index < -0.39 is 0 Å². The van der Waals surface area contributed by atoms with Gasteiger partial charge in [-0.05, 0) is 55.4 Å². The molecule has 3 rings (SSSR count). The Balaban J connectivity index is 1.49. The quantitative estimate of drug-likeness (QED) is 0.254. The summed E-state index contributed by atoms with van der Waals surface area (Å²) in [5, 5.41) is 0. The molecule has 0 aromatic heterocycles. The third kappa shape index (κ3) is 12.0. The first-order chi connectivity index (χ1) is 17.9. The van der Waals surface area contributed by atoms with Gasteiger partial charge in [0.25, 0.3) is 0 Å². The van der Waals surface area contributed by atoms with E-state index in [-0.39, 0.29) is 0 Å². The molecular formula is C35H59N. The van der Waals surface area contributed by atoms with Crippen LogP contribution in [0.1, 0.15) is 155 Å². The highest BCUT2D eigenvalue weighted by molar-refractivity contribution is 6.02. The molecule has 36 heavy (non-hydrogen) atoms. The highest BCUT2D eigenvalue weighted by atomic mass is 14.7. The normalized spacial score (nSPS) is 26.4. The Labute approximate surface area is 225 Å². The fourth-order valence-electron chi connectivity index (χ4n) is 6.90. The maximum absolute atomic E-state index is 5.22. The summed E-state index contributed by atoms with van der Waals surface area (Å²) in [7, 11) is 0. The minimum absolute atomic E-state index is 0.583. The number of hydrogen-bond donors (Lipinski definition) is 0. The van der Waals surface area contributed by atoms with E-state index in [1.54, 1.807) is 0 Å². The van der Waals surface area contributed by atoms with Crippen LogP contribution in [0.4, 0.5) is 0 Å². The van der Waals surface area contributed by atoms with Crippen molar-refractivity contribution >= 4 is 5.71 Å². The summed E-state index contributed by atoms with van der Waals surface area (Å²) < 4.78 is 0. The number of rotatable bonds is 11. The molecule has 1 saturated carbocycles. The Kier molecular flexibility index (Phi) is 15.6. The van der Waals surface area contributed by atoms with Crippen molar-refractivity contribution in [1.29, 1.82) is 0 Å². The molecule has 0 N–H and O–H groups in total. The molecule has 1 heteroatoms. The second-order valence-corrected chi connectivity index (χ2v) is 12.2. The van der Waals surface area contributed by atoms with Gasteiger partial charge in [-0.1, -0.05) is 153 Å². The van der Waals surface area contributed by atoms with Crippen molar-refractivity contribution in [3.63, 3.8) is 0 Å². The van der Waals surface area contributed by atoms with E-state index in [9.17, 15) is 0 Å². The van der Waals surface area contributed by atoms with Crippen LogP contribution in [0.5, 0.6) is 0 Å². The SMILES string of the molecule is CCCCCCCCCCCC1C=CC=CC(C2=NCCCC3CCCCCCCCCC3CC2)=C1. The molecule has 0 amide bonds. The molecule has 2 aliphatic carbocycles. The van der Waals surface area contributed by atoms with Gasteiger partial charge in [-0.15, -0.1) is 0 Å². The van der Waals surface area contributed by atoms with E-state index in [1.807, 2.05) is 0 Å². The van der Waals surface area contributed by atoms with Gasteiger partial charge >= 0.3 is 0 Å². The summed E-state index contributed by atoms with van der Waals surface area (Å²) in [6.45, 7) is 3.35. The van der Waals surface area contributed by atoms with Gasteiger partial charge in [-0.25, -0.2) is 0 Å². The zero-order valence-electron chi connectivity index (χ0n) is 24.0. The molecule has 1 fully saturated rings. The number of unbranched alkanes of at least 4 members (excludes halogenated alkanes) is 8. The summed E-state index contributed by atoms with van der Waals surface area (Å²) in [5.41, 5.74) is 2.86. The molecule has 0 bridgehead atoms. The van der Waals surface area contributed by atoms with Crippen molar-refractivity contribution in [3.8, 4) is 0 Å². The van der Waals surface area contributed by atoms with E-state index >= 15 is 0 Å². The van der Waals surface area contributed by atoms with Crippen LogP contribution < -0.4 is 0 Å². The van der Waals surface area contributed by atoms with Crippen molar-refractivity contribution in [2.75, 3.05) is 6.54 Å². The maximum atomic E-state index is 5.22. The Hall–Kier alpha value is -1.11. The van der Waals surface area contributed by atoms with E-state index in [1.165, 1.54) is 159 Å². The summed E-state index contributed by atoms with van der Waals surface area (Å²) in [5.74, 6) is 2.47. The van der Waals surface area contributed by atoms with Crippen LogP contribution in [0.15, 0.2) is 40.9 Å². The van der Waals surface area contributed by atoms with Gasteiger partial charge in [-0.2, -0.15) is 0 Å². The molecule has 3 atom stereocenters. The molecular weight excluding hydrogens is 434 g/mol. The molecule has 0 radical (unpaired) electrons. The number of aliphatic imine (C=N–C) groups is 1. The lowest BCUT2D eigenvalue weighted by Crippen LogP contribution is -2.16. The lowest BCUT2D eigenvalue weighted by atomic mass is 9.78. The van der Waals surface area contributed by atoms with Gasteiger partial charge in [0.2, 0.25) is 0 Å². The van der Waals surface area contributed by atoms with Crippen LogP contribution >= 0.6 is 0 Å². The molecule has 204 valence electrons. The molecule has 0 saturated heterocycles. The van der Waals surface area contributed by atoms with Gasteiger partial charge in [0.1, 0.15) is 0 Å². The number of nitrogens with zero attached hydrogens (tertiary/aromatic N) is 1. The average molecular weight is 494 g/mol. The van der Waals surface area contributed by atoms with Crippen LogP contribution in [0.25, 0.3) is 0 Å². The highest BCUT2D eigenvalue weighted by Gasteiger charge is 2.23. The lowest BCUT2D eigenvalue weighted by molar-refractivity contribution is 0.253. The third-order valence-electron chi connectivity index (χ3n) is 9.22. The molecule has 1 nitrogen and oxygen atoms in total. The summed E-state index contributed by atoms with van der Waals surface area (Å²) in [6, 6.07) is 0. The van der Waals surface area contributed by atoms with Crippen molar-refractivity contribution in [1.82, 2.24) is 0 Å². The first-order valence-corrected chi connectivity index (χ1v) is 16.5. The zero-order chi connectivity index (χ0) is 25.1. The second kappa shape index (κ2) is 19.0. The zero-order valence-corrected chi connectivity index (χ0v) is 24.0. The predicted molar refractivity (Wildman–Crippen MR) is 161 cm³/mol. The molecule has 3 unspecified atom stereocenters. The van der Waals surface area contributed by atoms with Gasteiger partial charge in [0, 0.05) is 12.3 Å². The first kappa shape index (κ1) is 29.4. The van der Waals surface area contributed by atoms with Crippen LogP contribution in [-0.4, -0.2) is 12.3 Å². The second-order valence-electron chi connectivity index (χ2n) is 12.2. The Bertz CT molecular complexity index is 681. The summed E-state index contributed by atoms with van der Waals surface area (Å²) in [6.07, 6.45) is 44.4. The minimum atomic E-state index is 0.583. The van der Waals surface area contributed by atoms with Gasteiger partial charge in [0.05, 0.1) is 0 Å². The Morgan fingerprint density at radius 2 is 1.28 bits per heavy atom. The smallest absolute Gasteiger partial charge is 0.0417 e. The fraction of sp³-hybridized carbons (Fsp3) is 0.800. The molecule has 0 aromatic rings. The van der Waals surface area contributed by atoms with Crippen molar-refractivity contribution < 1.29 is 0 Å². The van der Waals surface area contributed by atoms with Crippen LogP contribution in [-0.2, 0) is 0 Å². The molecule has 0 spiro atoms. The van der Waals surface area contributed by atoms with Gasteiger partial charge in [0.15, 0.2) is 0 Å². The van der Waals surface area contributed by atoms with Gasteiger partial charge < -0.3 is 0 Å². The fourth-order valence-corrected chi connectivity index (χ4v) is 6.90. The third-order valence-corrected chi connectivity index (χ3v) is 9.22. The van der Waals surface area contributed by atoms with Gasteiger partial charge in [-0.3, -0.25) is 4.99 Å². The average Bonchev–Trinajstić information content (AvgIpc) is 3.10. The van der Waals surface area contributed by atoms with E-state index in [0.717, 1.165) is 18.4 Å². The number of fused-ring (bicyclic) bond motifs is 1.